The summed E-state index contributed by atoms with van der Waals surface area (Å²) in [5, 5.41) is 9.48. The molecular formula is C20H24N4O3. The molecule has 0 radical (unpaired) electrons. The molecule has 2 rings (SSSR count). The van der Waals surface area contributed by atoms with Crippen LogP contribution in [-0.2, 0) is 0 Å². The van der Waals surface area contributed by atoms with E-state index in [-0.39, 0.29) is 5.88 Å². The summed E-state index contributed by atoms with van der Waals surface area (Å²) in [5.41, 5.74) is 12.7. The van der Waals surface area contributed by atoms with E-state index in [9.17, 15) is 10.1 Å². The molecule has 142 valence electrons. The molecule has 0 bridgehead atoms. The van der Waals surface area contributed by atoms with Crippen molar-refractivity contribution < 1.29 is 14.3 Å². The lowest BCUT2D eigenvalue weighted by atomic mass is 9.93. The summed E-state index contributed by atoms with van der Waals surface area (Å²) in [6.07, 6.45) is 1.37. The van der Waals surface area contributed by atoms with Gasteiger partial charge < -0.3 is 20.9 Å². The number of nitrogens with zero attached hydrogens (tertiary/aromatic N) is 2. The largest absolute Gasteiger partial charge is 0.490 e. The predicted molar refractivity (Wildman–Crippen MR) is 102 cm³/mol. The van der Waals surface area contributed by atoms with Gasteiger partial charge in [0.05, 0.1) is 5.56 Å². The lowest BCUT2D eigenvalue weighted by Gasteiger charge is -2.26. The standard InChI is InChI=1S/C20H24N4O3/c1-13(2)10-20(3,23)12-26-17-5-4-14(8-16(17)11-21)15-6-7-24-18(9-15)27-19(22)25/h4-9,13H,10,12,23H2,1-3H3,(H2,22,25)/t20-/m0/s1. The molecule has 4 N–H and O–H groups in total. The Morgan fingerprint density at radius 2 is 2.00 bits per heavy atom. The van der Waals surface area contributed by atoms with Crippen molar-refractivity contribution in [3.63, 3.8) is 0 Å². The van der Waals surface area contributed by atoms with Crippen molar-refractivity contribution in [1.29, 1.82) is 5.26 Å². The molecule has 1 atom stereocenters. The molecule has 0 aliphatic carbocycles. The van der Waals surface area contributed by atoms with Gasteiger partial charge in [-0.15, -0.1) is 0 Å². The molecular weight excluding hydrogens is 344 g/mol. The van der Waals surface area contributed by atoms with Gasteiger partial charge >= 0.3 is 6.09 Å². The van der Waals surface area contributed by atoms with Gasteiger partial charge in [-0.25, -0.2) is 9.78 Å². The molecule has 0 unspecified atom stereocenters. The van der Waals surface area contributed by atoms with Crippen molar-refractivity contribution in [2.45, 2.75) is 32.7 Å². The van der Waals surface area contributed by atoms with E-state index in [1.54, 1.807) is 24.3 Å². The van der Waals surface area contributed by atoms with Crippen molar-refractivity contribution in [2.24, 2.45) is 17.4 Å². The van der Waals surface area contributed by atoms with Crippen LogP contribution in [0.3, 0.4) is 0 Å². The number of amides is 1. The fourth-order valence-electron chi connectivity index (χ4n) is 2.90. The lowest BCUT2D eigenvalue weighted by Crippen LogP contribution is -2.43. The first-order valence-corrected chi connectivity index (χ1v) is 8.60. The zero-order valence-corrected chi connectivity index (χ0v) is 15.7. The van der Waals surface area contributed by atoms with Crippen molar-refractivity contribution >= 4 is 6.09 Å². The van der Waals surface area contributed by atoms with Crippen molar-refractivity contribution in [1.82, 2.24) is 4.98 Å². The number of hydrogen-bond donors (Lipinski definition) is 2. The number of carbonyl (C=O) groups is 1. The summed E-state index contributed by atoms with van der Waals surface area (Å²) in [7, 11) is 0. The second-order valence-electron chi connectivity index (χ2n) is 7.17. The first-order valence-electron chi connectivity index (χ1n) is 8.60. The van der Waals surface area contributed by atoms with Crippen LogP contribution < -0.4 is 20.9 Å². The number of nitriles is 1. The maximum Gasteiger partial charge on any atom is 0.411 e. The normalized spacial score (nSPS) is 12.9. The first-order chi connectivity index (χ1) is 12.7. The molecule has 27 heavy (non-hydrogen) atoms. The van der Waals surface area contributed by atoms with E-state index in [2.05, 4.69) is 24.9 Å². The van der Waals surface area contributed by atoms with E-state index in [0.29, 0.717) is 23.8 Å². The van der Waals surface area contributed by atoms with Crippen LogP contribution in [0.25, 0.3) is 11.1 Å². The molecule has 0 aliphatic rings. The molecule has 1 heterocycles. The molecule has 1 amide bonds. The smallest absolute Gasteiger partial charge is 0.411 e. The molecule has 1 aromatic carbocycles. The minimum atomic E-state index is -0.938. The Morgan fingerprint density at radius 1 is 1.30 bits per heavy atom. The Kier molecular flexibility index (Phi) is 6.37. The summed E-state index contributed by atoms with van der Waals surface area (Å²) < 4.78 is 10.6. The Labute approximate surface area is 158 Å². The molecule has 0 saturated carbocycles. The van der Waals surface area contributed by atoms with Crippen LogP contribution in [0, 0.1) is 17.2 Å². The zero-order valence-electron chi connectivity index (χ0n) is 15.7. The van der Waals surface area contributed by atoms with Gasteiger partial charge in [0, 0.05) is 17.8 Å². The molecule has 1 aromatic heterocycles. The van der Waals surface area contributed by atoms with E-state index in [1.807, 2.05) is 13.0 Å². The maximum atomic E-state index is 10.9. The molecule has 7 heteroatoms. The molecule has 2 aromatic rings. The van der Waals surface area contributed by atoms with Gasteiger partial charge in [0.25, 0.3) is 0 Å². The second-order valence-corrected chi connectivity index (χ2v) is 7.17. The number of pyridine rings is 1. The Hall–Kier alpha value is -3.11. The van der Waals surface area contributed by atoms with Gasteiger partial charge in [0.2, 0.25) is 5.88 Å². The monoisotopic (exact) mass is 368 g/mol. The van der Waals surface area contributed by atoms with Crippen LogP contribution in [0.4, 0.5) is 4.79 Å². The average molecular weight is 368 g/mol. The first kappa shape index (κ1) is 20.2. The van der Waals surface area contributed by atoms with Crippen LogP contribution in [0.2, 0.25) is 0 Å². The highest BCUT2D eigenvalue weighted by Crippen LogP contribution is 2.28. The fraction of sp³-hybridized carbons (Fsp3) is 0.350. The van der Waals surface area contributed by atoms with Gasteiger partial charge in [-0.1, -0.05) is 19.9 Å². The topological polar surface area (TPSA) is 124 Å². The quantitative estimate of drug-likeness (QED) is 0.773. The van der Waals surface area contributed by atoms with Crippen molar-refractivity contribution in [3.8, 4) is 28.8 Å². The highest BCUT2D eigenvalue weighted by molar-refractivity contribution is 5.70. The van der Waals surface area contributed by atoms with Gasteiger partial charge in [-0.3, -0.25) is 0 Å². The third-order valence-corrected chi connectivity index (χ3v) is 3.81. The lowest BCUT2D eigenvalue weighted by molar-refractivity contribution is 0.206. The molecule has 0 aliphatic heterocycles. The van der Waals surface area contributed by atoms with E-state index in [4.69, 9.17) is 20.9 Å². The average Bonchev–Trinajstić information content (AvgIpc) is 2.58. The Morgan fingerprint density at radius 3 is 2.63 bits per heavy atom. The van der Waals surface area contributed by atoms with Gasteiger partial charge in [0.15, 0.2) is 0 Å². The van der Waals surface area contributed by atoms with Crippen LogP contribution in [0.5, 0.6) is 11.6 Å². The summed E-state index contributed by atoms with van der Waals surface area (Å²) in [5.74, 6) is 1.01. The number of benzene rings is 1. The SMILES string of the molecule is CC(C)C[C@](C)(N)COc1ccc(-c2ccnc(OC(N)=O)c2)cc1C#N. The number of hydrogen-bond acceptors (Lipinski definition) is 6. The molecule has 0 spiro atoms. The fourth-order valence-corrected chi connectivity index (χ4v) is 2.90. The minimum absolute atomic E-state index is 0.0893. The van der Waals surface area contributed by atoms with Gasteiger partial charge in [0.1, 0.15) is 18.4 Å². The zero-order chi connectivity index (χ0) is 20.0. The summed E-state index contributed by atoms with van der Waals surface area (Å²) in [6, 6.07) is 10.7. The number of aromatic nitrogens is 1. The number of ether oxygens (including phenoxy) is 2. The van der Waals surface area contributed by atoms with E-state index < -0.39 is 11.6 Å². The summed E-state index contributed by atoms with van der Waals surface area (Å²) in [4.78, 5) is 14.8. The van der Waals surface area contributed by atoms with E-state index >= 15 is 0 Å². The highest BCUT2D eigenvalue weighted by atomic mass is 16.6. The van der Waals surface area contributed by atoms with E-state index in [1.165, 1.54) is 6.20 Å². The van der Waals surface area contributed by atoms with Crippen LogP contribution >= 0.6 is 0 Å². The predicted octanol–water partition coefficient (Wildman–Crippen LogP) is 3.22. The van der Waals surface area contributed by atoms with Crippen molar-refractivity contribution in [2.75, 3.05) is 6.61 Å². The maximum absolute atomic E-state index is 10.9. The summed E-state index contributed by atoms with van der Waals surface area (Å²) >= 11 is 0. The third-order valence-electron chi connectivity index (χ3n) is 3.81. The number of rotatable bonds is 7. The minimum Gasteiger partial charge on any atom is -0.490 e. The second kappa shape index (κ2) is 8.52. The molecule has 7 nitrogen and oxygen atoms in total. The van der Waals surface area contributed by atoms with Gasteiger partial charge in [-0.05, 0) is 48.6 Å². The van der Waals surface area contributed by atoms with Crippen molar-refractivity contribution in [3.05, 3.63) is 42.1 Å². The van der Waals surface area contributed by atoms with Crippen LogP contribution in [0.1, 0.15) is 32.8 Å². The van der Waals surface area contributed by atoms with Crippen LogP contribution in [0.15, 0.2) is 36.5 Å². The third kappa shape index (κ3) is 5.97. The highest BCUT2D eigenvalue weighted by Gasteiger charge is 2.21. The van der Waals surface area contributed by atoms with Gasteiger partial charge in [-0.2, -0.15) is 5.26 Å². The number of carbonyl (C=O) groups excluding carboxylic acids is 1. The van der Waals surface area contributed by atoms with E-state index in [0.717, 1.165) is 17.5 Å². The number of nitrogens with two attached hydrogens (primary N) is 2. The Bertz CT molecular complexity index is 857. The Balaban J connectivity index is 2.21. The molecule has 0 fully saturated rings. The van der Waals surface area contributed by atoms with Crippen LogP contribution in [-0.4, -0.2) is 23.2 Å². The summed E-state index contributed by atoms with van der Waals surface area (Å²) in [6.45, 7) is 6.45. The number of primary amides is 1. The molecule has 0 saturated heterocycles.